The Labute approximate surface area is 146 Å². The van der Waals surface area contributed by atoms with Crippen LogP contribution in [0.1, 0.15) is 18.4 Å². The summed E-state index contributed by atoms with van der Waals surface area (Å²) in [5, 5.41) is 3.92. The maximum absolute atomic E-state index is 11.9. The van der Waals surface area contributed by atoms with Crippen molar-refractivity contribution in [2.45, 2.75) is 12.8 Å². The number of rotatable bonds is 5. The van der Waals surface area contributed by atoms with Crippen LogP contribution in [0.2, 0.25) is 0 Å². The second kappa shape index (κ2) is 7.30. The Balaban J connectivity index is 1.59. The maximum atomic E-state index is 11.9. The lowest BCUT2D eigenvalue weighted by molar-refractivity contribution is -0.121. The predicted molar refractivity (Wildman–Crippen MR) is 91.1 cm³/mol. The average Bonchev–Trinajstić information content (AvgIpc) is 2.92. The first-order chi connectivity index (χ1) is 12.0. The van der Waals surface area contributed by atoms with Crippen LogP contribution in [0.3, 0.4) is 0 Å². The minimum atomic E-state index is -2.98. The van der Waals surface area contributed by atoms with Crippen LogP contribution in [0.15, 0.2) is 17.2 Å². The molecule has 3 rings (SSSR count). The van der Waals surface area contributed by atoms with Gasteiger partial charge in [-0.05, 0) is 24.5 Å². The van der Waals surface area contributed by atoms with Crippen LogP contribution in [0.4, 0.5) is 0 Å². The molecule has 9 heteroatoms. The van der Waals surface area contributed by atoms with Crippen LogP contribution in [0.25, 0.3) is 0 Å². The quantitative estimate of drug-likeness (QED) is 0.607. The molecule has 0 aromatic heterocycles. The SMILES string of the molecule is COc1cc(/C=N\NC(=O)C[C@@H]2CCS(=O)(=O)C2)cc2c1OCCO2. The number of carbonyl (C=O) groups excluding carboxylic acids is 1. The third kappa shape index (κ3) is 4.41. The van der Waals surface area contributed by atoms with Crippen LogP contribution >= 0.6 is 0 Å². The summed E-state index contributed by atoms with van der Waals surface area (Å²) < 4.78 is 39.1. The van der Waals surface area contributed by atoms with E-state index in [1.165, 1.54) is 13.3 Å². The molecule has 2 heterocycles. The molecule has 0 spiro atoms. The lowest BCUT2D eigenvalue weighted by atomic mass is 10.1. The van der Waals surface area contributed by atoms with Crippen LogP contribution in [-0.2, 0) is 14.6 Å². The van der Waals surface area contributed by atoms with E-state index in [1.807, 2.05) is 0 Å². The van der Waals surface area contributed by atoms with Gasteiger partial charge >= 0.3 is 0 Å². The Morgan fingerprint density at radius 1 is 1.40 bits per heavy atom. The maximum Gasteiger partial charge on any atom is 0.240 e. The van der Waals surface area contributed by atoms with Gasteiger partial charge in [-0.25, -0.2) is 13.8 Å². The Morgan fingerprint density at radius 2 is 2.20 bits per heavy atom. The summed E-state index contributed by atoms with van der Waals surface area (Å²) in [6, 6.07) is 3.48. The average molecular weight is 368 g/mol. The minimum absolute atomic E-state index is 0.0729. The summed E-state index contributed by atoms with van der Waals surface area (Å²) in [6.45, 7) is 0.918. The molecule has 0 aliphatic carbocycles. The number of nitrogens with zero attached hydrogens (tertiary/aromatic N) is 1. The molecule has 1 atom stereocenters. The monoisotopic (exact) mass is 368 g/mol. The van der Waals surface area contributed by atoms with Gasteiger partial charge in [-0.2, -0.15) is 5.10 Å². The lowest BCUT2D eigenvalue weighted by Crippen LogP contribution is -2.21. The third-order valence-corrected chi connectivity index (χ3v) is 5.89. The lowest BCUT2D eigenvalue weighted by Gasteiger charge is -2.20. The molecule has 1 N–H and O–H groups in total. The van der Waals surface area contributed by atoms with Crippen molar-refractivity contribution >= 4 is 22.0 Å². The summed E-state index contributed by atoms with van der Waals surface area (Å²) in [4.78, 5) is 11.9. The molecule has 0 bridgehead atoms. The van der Waals surface area contributed by atoms with Crippen LogP contribution in [0, 0.1) is 5.92 Å². The fourth-order valence-corrected chi connectivity index (χ4v) is 4.75. The van der Waals surface area contributed by atoms with E-state index in [0.29, 0.717) is 42.4 Å². The van der Waals surface area contributed by atoms with Crippen molar-refractivity contribution in [1.82, 2.24) is 5.43 Å². The summed E-state index contributed by atoms with van der Waals surface area (Å²) in [6.07, 6.45) is 2.16. The molecule has 25 heavy (non-hydrogen) atoms. The molecule has 1 aromatic carbocycles. The van der Waals surface area contributed by atoms with Crippen molar-refractivity contribution in [3.05, 3.63) is 17.7 Å². The number of nitrogens with one attached hydrogen (secondary N) is 1. The van der Waals surface area contributed by atoms with Crippen molar-refractivity contribution in [3.8, 4) is 17.2 Å². The number of hydrogen-bond donors (Lipinski definition) is 1. The van der Waals surface area contributed by atoms with E-state index in [-0.39, 0.29) is 29.8 Å². The first-order valence-corrected chi connectivity index (χ1v) is 9.79. The smallest absolute Gasteiger partial charge is 0.240 e. The Kier molecular flexibility index (Phi) is 5.12. The molecule has 0 saturated carbocycles. The van der Waals surface area contributed by atoms with Crippen molar-refractivity contribution < 1.29 is 27.4 Å². The van der Waals surface area contributed by atoms with E-state index in [1.54, 1.807) is 12.1 Å². The zero-order valence-electron chi connectivity index (χ0n) is 13.9. The molecule has 1 amide bonds. The topological polar surface area (TPSA) is 103 Å². The Hall–Kier alpha value is -2.29. The van der Waals surface area contributed by atoms with Gasteiger partial charge in [-0.3, -0.25) is 4.79 Å². The number of hydrazone groups is 1. The van der Waals surface area contributed by atoms with E-state index < -0.39 is 9.84 Å². The van der Waals surface area contributed by atoms with Gasteiger partial charge in [0.1, 0.15) is 13.2 Å². The molecule has 1 fully saturated rings. The van der Waals surface area contributed by atoms with Crippen molar-refractivity contribution in [2.75, 3.05) is 31.8 Å². The number of methoxy groups -OCH3 is 1. The van der Waals surface area contributed by atoms with E-state index in [9.17, 15) is 13.2 Å². The van der Waals surface area contributed by atoms with Gasteiger partial charge < -0.3 is 14.2 Å². The molecule has 1 aromatic rings. The summed E-state index contributed by atoms with van der Waals surface area (Å²) >= 11 is 0. The van der Waals surface area contributed by atoms with Gasteiger partial charge in [0.05, 0.1) is 24.8 Å². The first-order valence-electron chi connectivity index (χ1n) is 7.97. The van der Waals surface area contributed by atoms with Crippen molar-refractivity contribution in [1.29, 1.82) is 0 Å². The fourth-order valence-electron chi connectivity index (χ4n) is 2.89. The van der Waals surface area contributed by atoms with Crippen LogP contribution in [0.5, 0.6) is 17.2 Å². The van der Waals surface area contributed by atoms with E-state index in [4.69, 9.17) is 14.2 Å². The molecule has 0 unspecified atom stereocenters. The number of ether oxygens (including phenoxy) is 3. The predicted octanol–water partition coefficient (Wildman–Crippen LogP) is 0.741. The van der Waals surface area contributed by atoms with E-state index in [2.05, 4.69) is 10.5 Å². The van der Waals surface area contributed by atoms with Gasteiger partial charge in [0, 0.05) is 12.0 Å². The summed E-state index contributed by atoms with van der Waals surface area (Å²) in [7, 11) is -1.45. The second-order valence-corrected chi connectivity index (χ2v) is 8.24. The Bertz CT molecular complexity index is 773. The summed E-state index contributed by atoms with van der Waals surface area (Å²) in [5.74, 6) is 1.44. The standard InChI is InChI=1S/C16H20N2O6S/c1-22-13-6-12(7-14-16(13)24-4-3-23-14)9-17-18-15(19)8-11-2-5-25(20,21)10-11/h6-7,9,11H,2-5,8,10H2,1H3,(H,18,19)/b17-9-/t11-/m0/s1. The van der Waals surface area contributed by atoms with Crippen LogP contribution < -0.4 is 19.6 Å². The van der Waals surface area contributed by atoms with Gasteiger partial charge in [-0.1, -0.05) is 0 Å². The fraction of sp³-hybridized carbons (Fsp3) is 0.500. The molecule has 2 aliphatic heterocycles. The highest BCUT2D eigenvalue weighted by molar-refractivity contribution is 7.91. The number of hydrogen-bond acceptors (Lipinski definition) is 7. The highest BCUT2D eigenvalue weighted by atomic mass is 32.2. The van der Waals surface area contributed by atoms with E-state index in [0.717, 1.165) is 0 Å². The molecule has 0 radical (unpaired) electrons. The minimum Gasteiger partial charge on any atom is -0.493 e. The highest BCUT2D eigenvalue weighted by Crippen LogP contribution is 2.39. The number of fused-ring (bicyclic) bond motifs is 1. The molecular weight excluding hydrogens is 348 g/mol. The molecule has 8 nitrogen and oxygen atoms in total. The summed E-state index contributed by atoms with van der Waals surface area (Å²) in [5.41, 5.74) is 3.11. The second-order valence-electron chi connectivity index (χ2n) is 6.01. The van der Waals surface area contributed by atoms with Crippen LogP contribution in [-0.4, -0.2) is 52.4 Å². The highest BCUT2D eigenvalue weighted by Gasteiger charge is 2.29. The zero-order valence-corrected chi connectivity index (χ0v) is 14.7. The molecule has 136 valence electrons. The third-order valence-electron chi connectivity index (χ3n) is 4.05. The van der Waals surface area contributed by atoms with Gasteiger partial charge in [-0.15, -0.1) is 0 Å². The van der Waals surface area contributed by atoms with E-state index >= 15 is 0 Å². The molecular formula is C16H20N2O6S. The van der Waals surface area contributed by atoms with Crippen molar-refractivity contribution in [3.63, 3.8) is 0 Å². The number of sulfone groups is 1. The number of benzene rings is 1. The normalized spacial score (nSPS) is 21.2. The Morgan fingerprint density at radius 3 is 2.92 bits per heavy atom. The van der Waals surface area contributed by atoms with Crippen molar-refractivity contribution in [2.24, 2.45) is 11.0 Å². The largest absolute Gasteiger partial charge is 0.493 e. The molecule has 1 saturated heterocycles. The number of carbonyl (C=O) groups is 1. The van der Waals surface area contributed by atoms with Gasteiger partial charge in [0.2, 0.25) is 11.7 Å². The zero-order chi connectivity index (χ0) is 17.9. The van der Waals surface area contributed by atoms with Gasteiger partial charge in [0.25, 0.3) is 0 Å². The number of amides is 1. The molecule has 2 aliphatic rings. The van der Waals surface area contributed by atoms with Gasteiger partial charge in [0.15, 0.2) is 21.3 Å². The first kappa shape index (κ1) is 17.5.